The second kappa shape index (κ2) is 9.42. The zero-order chi connectivity index (χ0) is 20.8. The van der Waals surface area contributed by atoms with Gasteiger partial charge in [0.15, 0.2) is 0 Å². The molecule has 0 saturated heterocycles. The van der Waals surface area contributed by atoms with Crippen LogP contribution in [0.2, 0.25) is 0 Å². The number of methoxy groups -OCH3 is 1. The highest BCUT2D eigenvalue weighted by molar-refractivity contribution is 7.89. The average molecular weight is 401 g/mol. The fraction of sp³-hybridized carbons (Fsp3) is 0.500. The molecule has 0 aliphatic rings. The normalized spacial score (nSPS) is 14.7. The van der Waals surface area contributed by atoms with Crippen LogP contribution in [0.4, 0.5) is 5.69 Å². The Morgan fingerprint density at radius 2 is 1.78 bits per heavy atom. The largest absolute Gasteiger partial charge is 0.467 e. The number of ether oxygens (including phenoxy) is 1. The van der Waals surface area contributed by atoms with E-state index in [4.69, 9.17) is 0 Å². The van der Waals surface area contributed by atoms with Crippen LogP contribution in [-0.4, -0.2) is 44.4 Å². The molecule has 0 fully saturated rings. The van der Waals surface area contributed by atoms with Crippen molar-refractivity contribution in [3.63, 3.8) is 0 Å². The van der Waals surface area contributed by atoms with E-state index in [1.807, 2.05) is 0 Å². The summed E-state index contributed by atoms with van der Waals surface area (Å²) >= 11 is 0. The van der Waals surface area contributed by atoms with Crippen LogP contribution in [0, 0.1) is 16.0 Å². The van der Waals surface area contributed by atoms with Crippen LogP contribution in [0.1, 0.15) is 27.2 Å². The SMILES string of the molecule is CC[C@H](C)[C@H](NS(=O)(=O)c1ccc([N+](=O)[O-])cc1)C(=O)N[C@@H](C)C(=O)OC. The maximum absolute atomic E-state index is 12.6. The first kappa shape index (κ1) is 22.5. The summed E-state index contributed by atoms with van der Waals surface area (Å²) in [7, 11) is -2.94. The van der Waals surface area contributed by atoms with E-state index < -0.39 is 38.9 Å². The molecule has 1 amide bonds. The van der Waals surface area contributed by atoms with Gasteiger partial charge >= 0.3 is 5.97 Å². The maximum Gasteiger partial charge on any atom is 0.328 e. The molecule has 0 unspecified atom stereocenters. The highest BCUT2D eigenvalue weighted by Crippen LogP contribution is 2.18. The third-order valence-corrected chi connectivity index (χ3v) is 5.51. The van der Waals surface area contributed by atoms with E-state index in [0.29, 0.717) is 6.42 Å². The predicted octanol–water partition coefficient (Wildman–Crippen LogP) is 0.965. The van der Waals surface area contributed by atoms with Crippen molar-refractivity contribution in [2.75, 3.05) is 7.11 Å². The predicted molar refractivity (Wildman–Crippen MR) is 96.3 cm³/mol. The molecule has 2 N–H and O–H groups in total. The molecule has 150 valence electrons. The number of amides is 1. The first-order valence-corrected chi connectivity index (χ1v) is 9.66. The summed E-state index contributed by atoms with van der Waals surface area (Å²) in [5, 5.41) is 13.1. The molecule has 1 aromatic carbocycles. The van der Waals surface area contributed by atoms with E-state index in [-0.39, 0.29) is 16.5 Å². The number of rotatable bonds is 9. The number of non-ortho nitro benzene ring substituents is 1. The summed E-state index contributed by atoms with van der Waals surface area (Å²) in [5.74, 6) is -1.71. The number of sulfonamides is 1. The van der Waals surface area contributed by atoms with Crippen LogP contribution in [0.25, 0.3) is 0 Å². The van der Waals surface area contributed by atoms with Crippen molar-refractivity contribution in [3.05, 3.63) is 34.4 Å². The Balaban J connectivity index is 3.05. The number of carbonyl (C=O) groups excluding carboxylic acids is 2. The van der Waals surface area contributed by atoms with Crippen molar-refractivity contribution in [1.29, 1.82) is 0 Å². The molecule has 0 heterocycles. The molecule has 3 atom stereocenters. The van der Waals surface area contributed by atoms with Gasteiger partial charge in [-0.3, -0.25) is 14.9 Å². The van der Waals surface area contributed by atoms with Gasteiger partial charge in [-0.1, -0.05) is 20.3 Å². The Kier molecular flexibility index (Phi) is 7.85. The number of esters is 1. The van der Waals surface area contributed by atoms with Crippen LogP contribution in [0.15, 0.2) is 29.2 Å². The Bertz CT molecular complexity index is 793. The van der Waals surface area contributed by atoms with Crippen molar-refractivity contribution >= 4 is 27.6 Å². The minimum absolute atomic E-state index is 0.213. The van der Waals surface area contributed by atoms with Crippen molar-refractivity contribution < 1.29 is 27.7 Å². The number of nitro benzene ring substituents is 1. The fourth-order valence-electron chi connectivity index (χ4n) is 2.18. The molecule has 27 heavy (non-hydrogen) atoms. The molecule has 0 saturated carbocycles. The minimum atomic E-state index is -4.11. The lowest BCUT2D eigenvalue weighted by Gasteiger charge is -2.24. The molecule has 0 radical (unpaired) electrons. The molecule has 11 heteroatoms. The van der Waals surface area contributed by atoms with E-state index in [1.54, 1.807) is 13.8 Å². The fourth-order valence-corrected chi connectivity index (χ4v) is 3.49. The third-order valence-electron chi connectivity index (χ3n) is 4.05. The molecule has 0 aromatic heterocycles. The van der Waals surface area contributed by atoms with Gasteiger partial charge in [0.2, 0.25) is 15.9 Å². The van der Waals surface area contributed by atoms with Crippen LogP contribution in [-0.2, 0) is 24.3 Å². The quantitative estimate of drug-likeness (QED) is 0.356. The zero-order valence-corrected chi connectivity index (χ0v) is 16.3. The molecule has 0 aliphatic heterocycles. The van der Waals surface area contributed by atoms with Crippen molar-refractivity contribution in [3.8, 4) is 0 Å². The van der Waals surface area contributed by atoms with Gasteiger partial charge in [-0.15, -0.1) is 0 Å². The molecule has 1 aromatic rings. The van der Waals surface area contributed by atoms with E-state index in [0.717, 1.165) is 24.3 Å². The smallest absolute Gasteiger partial charge is 0.328 e. The number of nitro groups is 1. The van der Waals surface area contributed by atoms with E-state index in [1.165, 1.54) is 14.0 Å². The van der Waals surface area contributed by atoms with Gasteiger partial charge in [-0.25, -0.2) is 13.2 Å². The van der Waals surface area contributed by atoms with Gasteiger partial charge in [-0.2, -0.15) is 4.72 Å². The van der Waals surface area contributed by atoms with E-state index >= 15 is 0 Å². The maximum atomic E-state index is 12.6. The number of carbonyl (C=O) groups is 2. The molecule has 0 spiro atoms. The van der Waals surface area contributed by atoms with Crippen molar-refractivity contribution in [2.24, 2.45) is 5.92 Å². The van der Waals surface area contributed by atoms with Gasteiger partial charge < -0.3 is 10.1 Å². The molecule has 1 rings (SSSR count). The van der Waals surface area contributed by atoms with Crippen LogP contribution in [0.3, 0.4) is 0 Å². The number of hydrogen-bond donors (Lipinski definition) is 2. The zero-order valence-electron chi connectivity index (χ0n) is 15.5. The van der Waals surface area contributed by atoms with Crippen LogP contribution < -0.4 is 10.0 Å². The highest BCUT2D eigenvalue weighted by atomic mass is 32.2. The molecular formula is C16H23N3O7S. The van der Waals surface area contributed by atoms with E-state index in [2.05, 4.69) is 14.8 Å². The number of benzene rings is 1. The summed E-state index contributed by atoms with van der Waals surface area (Å²) in [6.45, 7) is 4.89. The first-order chi connectivity index (χ1) is 12.5. The molecule has 10 nitrogen and oxygen atoms in total. The minimum Gasteiger partial charge on any atom is -0.467 e. The standard InChI is InChI=1S/C16H23N3O7S/c1-5-10(2)14(15(20)17-11(3)16(21)26-4)18-27(24,25)13-8-6-12(7-9-13)19(22)23/h6-11,14,18H,5H2,1-4H3,(H,17,20)/t10-,11-,14-/m0/s1. The number of hydrogen-bond acceptors (Lipinski definition) is 7. The highest BCUT2D eigenvalue weighted by Gasteiger charge is 2.31. The average Bonchev–Trinajstić information content (AvgIpc) is 2.64. The molecule has 0 bridgehead atoms. The van der Waals surface area contributed by atoms with Gasteiger partial charge in [0.05, 0.1) is 16.9 Å². The van der Waals surface area contributed by atoms with E-state index in [9.17, 15) is 28.1 Å². The second-order valence-corrected chi connectivity index (χ2v) is 7.70. The lowest BCUT2D eigenvalue weighted by atomic mass is 9.99. The summed E-state index contributed by atoms with van der Waals surface area (Å²) in [6, 6.07) is 2.21. The first-order valence-electron chi connectivity index (χ1n) is 8.18. The lowest BCUT2D eigenvalue weighted by molar-refractivity contribution is -0.384. The monoisotopic (exact) mass is 401 g/mol. The van der Waals surface area contributed by atoms with Gasteiger partial charge in [-0.05, 0) is 25.0 Å². The van der Waals surface area contributed by atoms with Crippen LogP contribution in [0.5, 0.6) is 0 Å². The summed E-state index contributed by atoms with van der Waals surface area (Å²) in [6.07, 6.45) is 0.494. The number of nitrogens with zero attached hydrogens (tertiary/aromatic N) is 1. The molecule has 0 aliphatic carbocycles. The Labute approximate surface area is 157 Å². The number of nitrogens with one attached hydrogen (secondary N) is 2. The van der Waals surface area contributed by atoms with Gasteiger partial charge in [0.25, 0.3) is 5.69 Å². The Morgan fingerprint density at radius 3 is 2.22 bits per heavy atom. The third kappa shape index (κ3) is 6.00. The summed E-state index contributed by atoms with van der Waals surface area (Å²) in [5.41, 5.74) is -0.253. The second-order valence-electron chi connectivity index (χ2n) is 5.99. The Morgan fingerprint density at radius 1 is 1.22 bits per heavy atom. The Hall–Kier alpha value is -2.53. The van der Waals surface area contributed by atoms with Gasteiger partial charge in [0, 0.05) is 12.1 Å². The lowest BCUT2D eigenvalue weighted by Crippen LogP contribution is -2.53. The topological polar surface area (TPSA) is 145 Å². The van der Waals surface area contributed by atoms with Gasteiger partial charge in [0.1, 0.15) is 12.1 Å². The van der Waals surface area contributed by atoms with Crippen molar-refractivity contribution in [1.82, 2.24) is 10.0 Å². The van der Waals surface area contributed by atoms with Crippen molar-refractivity contribution in [2.45, 2.75) is 44.2 Å². The molecular weight excluding hydrogens is 378 g/mol. The summed E-state index contributed by atoms with van der Waals surface area (Å²) in [4.78, 5) is 33.8. The van der Waals surface area contributed by atoms with Crippen LogP contribution >= 0.6 is 0 Å². The summed E-state index contributed by atoms with van der Waals surface area (Å²) < 4.78 is 32.0.